The van der Waals surface area contributed by atoms with E-state index in [0.717, 1.165) is 15.3 Å². The number of anilines is 2. The van der Waals surface area contributed by atoms with Gasteiger partial charge in [0.2, 0.25) is 0 Å². The highest BCUT2D eigenvalue weighted by Crippen LogP contribution is 2.41. The summed E-state index contributed by atoms with van der Waals surface area (Å²) in [6.07, 6.45) is 0. The van der Waals surface area contributed by atoms with Crippen LogP contribution in [0.4, 0.5) is 10.7 Å². The van der Waals surface area contributed by atoms with Crippen molar-refractivity contribution in [2.24, 2.45) is 0 Å². The molecule has 4 aromatic rings. The van der Waals surface area contributed by atoms with Gasteiger partial charge in [0.25, 0.3) is 17.7 Å². The summed E-state index contributed by atoms with van der Waals surface area (Å²) in [4.78, 5) is 53.2. The van der Waals surface area contributed by atoms with Gasteiger partial charge in [-0.05, 0) is 61.0 Å². The lowest BCUT2D eigenvalue weighted by Gasteiger charge is -2.14. The van der Waals surface area contributed by atoms with Crippen LogP contribution in [0.15, 0.2) is 72.8 Å². The van der Waals surface area contributed by atoms with E-state index < -0.39 is 23.7 Å². The van der Waals surface area contributed by atoms with E-state index in [1.54, 1.807) is 42.5 Å². The number of nitrogens with zero attached hydrogens (tertiary/aromatic N) is 1. The lowest BCUT2D eigenvalue weighted by Crippen LogP contribution is -2.29. The molecule has 184 valence electrons. The second kappa shape index (κ2) is 9.65. The van der Waals surface area contributed by atoms with Gasteiger partial charge in [-0.1, -0.05) is 35.9 Å². The van der Waals surface area contributed by atoms with Gasteiger partial charge in [-0.25, -0.2) is 9.69 Å². The zero-order valence-electron chi connectivity index (χ0n) is 19.7. The van der Waals surface area contributed by atoms with Crippen LogP contribution < -0.4 is 10.2 Å². The number of ether oxygens (including phenoxy) is 1. The summed E-state index contributed by atoms with van der Waals surface area (Å²) in [6, 6.07) is 19.8. The van der Waals surface area contributed by atoms with Gasteiger partial charge in [0.1, 0.15) is 10.6 Å². The van der Waals surface area contributed by atoms with Crippen LogP contribution in [0, 0.1) is 6.92 Å². The van der Waals surface area contributed by atoms with Gasteiger partial charge in [-0.15, -0.1) is 11.3 Å². The van der Waals surface area contributed by atoms with Crippen LogP contribution in [0.2, 0.25) is 5.02 Å². The van der Waals surface area contributed by atoms with Gasteiger partial charge in [0, 0.05) is 21.0 Å². The standard InChI is InChI=1S/C28H19ClN2O5S/c1-15-22(17-6-5-7-18(29)14-17)23(28(35)36-2)25(37-15)30-24(32)16-10-12-19(13-11-16)31-26(33)20-8-3-4-9-21(20)27(31)34/h3-14H,1-2H3,(H,30,32). The number of esters is 1. The predicted molar refractivity (Wildman–Crippen MR) is 143 cm³/mol. The minimum atomic E-state index is -0.587. The van der Waals surface area contributed by atoms with E-state index in [2.05, 4.69) is 5.32 Å². The fourth-order valence-electron chi connectivity index (χ4n) is 4.28. The number of benzene rings is 3. The first-order valence-electron chi connectivity index (χ1n) is 11.2. The quantitative estimate of drug-likeness (QED) is 0.244. The first-order chi connectivity index (χ1) is 17.8. The van der Waals surface area contributed by atoms with Gasteiger partial charge < -0.3 is 10.1 Å². The molecule has 0 saturated carbocycles. The highest BCUT2D eigenvalue weighted by molar-refractivity contribution is 7.17. The Hall–Kier alpha value is -4.27. The molecule has 2 heterocycles. The third-order valence-electron chi connectivity index (χ3n) is 6.00. The number of carbonyl (C=O) groups is 4. The van der Waals surface area contributed by atoms with Crippen molar-refractivity contribution in [3.8, 4) is 11.1 Å². The second-order valence-corrected chi connectivity index (χ2v) is 9.89. The predicted octanol–water partition coefficient (Wildman–Crippen LogP) is 6.22. The van der Waals surface area contributed by atoms with Crippen molar-refractivity contribution in [3.05, 3.63) is 105 Å². The first-order valence-corrected chi connectivity index (χ1v) is 12.4. The Kier molecular flexibility index (Phi) is 6.37. The molecule has 1 aliphatic heterocycles. The summed E-state index contributed by atoms with van der Waals surface area (Å²) < 4.78 is 5.00. The summed E-state index contributed by atoms with van der Waals surface area (Å²) in [5, 5.41) is 3.66. The number of thiophene rings is 1. The number of nitrogens with one attached hydrogen (secondary N) is 1. The molecule has 1 N–H and O–H groups in total. The zero-order chi connectivity index (χ0) is 26.3. The number of imide groups is 1. The lowest BCUT2D eigenvalue weighted by molar-refractivity contribution is 0.0603. The van der Waals surface area contributed by atoms with Gasteiger partial charge in [0.05, 0.1) is 23.9 Å². The van der Waals surface area contributed by atoms with Crippen molar-refractivity contribution >= 4 is 57.3 Å². The summed E-state index contributed by atoms with van der Waals surface area (Å²) in [6.45, 7) is 1.85. The topological polar surface area (TPSA) is 92.8 Å². The van der Waals surface area contributed by atoms with Crippen LogP contribution in [0.5, 0.6) is 0 Å². The molecule has 0 spiro atoms. The minimum Gasteiger partial charge on any atom is -0.465 e. The third-order valence-corrected chi connectivity index (χ3v) is 7.25. The molecule has 7 nitrogen and oxygen atoms in total. The smallest absolute Gasteiger partial charge is 0.341 e. The Morgan fingerprint density at radius 3 is 2.16 bits per heavy atom. The first kappa shape index (κ1) is 24.4. The number of rotatable bonds is 5. The molecule has 37 heavy (non-hydrogen) atoms. The third kappa shape index (κ3) is 4.30. The van der Waals surface area contributed by atoms with Crippen molar-refractivity contribution in [1.82, 2.24) is 0 Å². The second-order valence-electron chi connectivity index (χ2n) is 8.23. The van der Waals surface area contributed by atoms with E-state index in [1.807, 2.05) is 13.0 Å². The maximum atomic E-state index is 13.1. The van der Waals surface area contributed by atoms with Gasteiger partial charge in [-0.2, -0.15) is 0 Å². The molecule has 0 atom stereocenters. The summed E-state index contributed by atoms with van der Waals surface area (Å²) in [7, 11) is 1.28. The summed E-state index contributed by atoms with van der Waals surface area (Å²) in [5.41, 5.74) is 2.92. The maximum Gasteiger partial charge on any atom is 0.341 e. The van der Waals surface area contributed by atoms with Crippen LogP contribution in [0.3, 0.4) is 0 Å². The highest BCUT2D eigenvalue weighted by Gasteiger charge is 2.36. The summed E-state index contributed by atoms with van der Waals surface area (Å²) in [5.74, 6) is -1.88. The van der Waals surface area contributed by atoms with E-state index in [1.165, 1.54) is 42.7 Å². The van der Waals surface area contributed by atoms with E-state index in [0.29, 0.717) is 32.4 Å². The van der Waals surface area contributed by atoms with E-state index in [4.69, 9.17) is 16.3 Å². The number of aryl methyl sites for hydroxylation is 1. The van der Waals surface area contributed by atoms with Gasteiger partial charge in [0.15, 0.2) is 0 Å². The van der Waals surface area contributed by atoms with Crippen LogP contribution in [0.1, 0.15) is 46.3 Å². The molecule has 9 heteroatoms. The average molecular weight is 531 g/mol. The molecular formula is C28H19ClN2O5S. The summed E-state index contributed by atoms with van der Waals surface area (Å²) >= 11 is 7.41. The zero-order valence-corrected chi connectivity index (χ0v) is 21.3. The number of methoxy groups -OCH3 is 1. The van der Waals surface area contributed by atoms with E-state index in [-0.39, 0.29) is 11.1 Å². The molecule has 0 aliphatic carbocycles. The SMILES string of the molecule is COC(=O)c1c(NC(=O)c2ccc(N3C(=O)c4ccccc4C3=O)cc2)sc(C)c1-c1cccc(Cl)c1. The molecule has 1 aliphatic rings. The molecule has 3 aromatic carbocycles. The highest BCUT2D eigenvalue weighted by atomic mass is 35.5. The van der Waals surface area contributed by atoms with Crippen molar-refractivity contribution in [2.75, 3.05) is 17.3 Å². The molecule has 0 fully saturated rings. The molecule has 0 unspecified atom stereocenters. The molecule has 3 amide bonds. The maximum absolute atomic E-state index is 13.1. The lowest BCUT2D eigenvalue weighted by atomic mass is 10.0. The Labute approximate surface area is 221 Å². The molecule has 0 saturated heterocycles. The molecule has 0 bridgehead atoms. The number of hydrogen-bond donors (Lipinski definition) is 1. The minimum absolute atomic E-state index is 0.239. The Morgan fingerprint density at radius 2 is 1.57 bits per heavy atom. The van der Waals surface area contributed by atoms with Crippen LogP contribution in [-0.2, 0) is 4.74 Å². The number of fused-ring (bicyclic) bond motifs is 1. The fourth-order valence-corrected chi connectivity index (χ4v) is 5.53. The van der Waals surface area contributed by atoms with Crippen molar-refractivity contribution < 1.29 is 23.9 Å². The largest absolute Gasteiger partial charge is 0.465 e. The van der Waals surface area contributed by atoms with Crippen LogP contribution in [-0.4, -0.2) is 30.8 Å². The van der Waals surface area contributed by atoms with Gasteiger partial charge >= 0.3 is 5.97 Å². The van der Waals surface area contributed by atoms with E-state index >= 15 is 0 Å². The molecule has 1 aromatic heterocycles. The molecule has 5 rings (SSSR count). The fraction of sp³-hybridized carbons (Fsp3) is 0.0714. The van der Waals surface area contributed by atoms with Crippen LogP contribution >= 0.6 is 22.9 Å². The van der Waals surface area contributed by atoms with Crippen molar-refractivity contribution in [3.63, 3.8) is 0 Å². The van der Waals surface area contributed by atoms with E-state index in [9.17, 15) is 19.2 Å². The number of halogens is 1. The average Bonchev–Trinajstić information content (AvgIpc) is 3.36. The van der Waals surface area contributed by atoms with Gasteiger partial charge in [-0.3, -0.25) is 14.4 Å². The Morgan fingerprint density at radius 1 is 0.919 bits per heavy atom. The molecular weight excluding hydrogens is 512 g/mol. The normalized spacial score (nSPS) is 12.5. The van der Waals surface area contributed by atoms with Crippen LogP contribution in [0.25, 0.3) is 11.1 Å². The van der Waals surface area contributed by atoms with Crippen molar-refractivity contribution in [2.45, 2.75) is 6.92 Å². The number of carbonyl (C=O) groups excluding carboxylic acids is 4. The Bertz CT molecular complexity index is 1560. The number of amides is 3. The monoisotopic (exact) mass is 530 g/mol. The Balaban J connectivity index is 1.43. The van der Waals surface area contributed by atoms with Crippen molar-refractivity contribution in [1.29, 1.82) is 0 Å². The molecule has 0 radical (unpaired) electrons. The number of hydrogen-bond acceptors (Lipinski definition) is 6.